The van der Waals surface area contributed by atoms with Gasteiger partial charge in [-0.1, -0.05) is 17.7 Å². The summed E-state index contributed by atoms with van der Waals surface area (Å²) in [5.74, 6) is 0.241. The van der Waals surface area contributed by atoms with Crippen molar-refractivity contribution >= 4 is 34.2 Å². The van der Waals surface area contributed by atoms with Crippen molar-refractivity contribution in [2.45, 2.75) is 26.8 Å². The molecule has 3 heterocycles. The highest BCUT2D eigenvalue weighted by Gasteiger charge is 2.11. The number of fused-ring (bicyclic) bond motifs is 1. The summed E-state index contributed by atoms with van der Waals surface area (Å²) in [5, 5.41) is 4.57. The standard InChI is InChI=1S/C24H22ClN5O/c1-14-8-23(26)29-15(2)20(14)13-28-24(31)22-5-3-4-19(30-22)10-16-9-17-11-18(25)6-7-21(17)27-12-16/h3-9,11-12H,10,13H2,1-2H3,(H2,26,29)(H,28,31). The average molecular weight is 432 g/mol. The lowest BCUT2D eigenvalue weighted by molar-refractivity contribution is 0.0945. The number of nitrogens with two attached hydrogens (primary N) is 1. The summed E-state index contributed by atoms with van der Waals surface area (Å²) < 4.78 is 0. The molecule has 0 fully saturated rings. The molecular weight excluding hydrogens is 410 g/mol. The molecule has 0 saturated heterocycles. The predicted octanol–water partition coefficient (Wildman–Crippen LogP) is 4.40. The van der Waals surface area contributed by atoms with Crippen molar-refractivity contribution in [2.75, 3.05) is 5.73 Å². The minimum Gasteiger partial charge on any atom is -0.384 e. The van der Waals surface area contributed by atoms with Gasteiger partial charge in [-0.15, -0.1) is 0 Å². The van der Waals surface area contributed by atoms with Gasteiger partial charge in [-0.25, -0.2) is 9.97 Å². The number of carbonyl (C=O) groups excluding carboxylic acids is 1. The van der Waals surface area contributed by atoms with Crippen molar-refractivity contribution in [3.8, 4) is 0 Å². The normalized spacial score (nSPS) is 10.9. The molecule has 4 rings (SSSR count). The smallest absolute Gasteiger partial charge is 0.270 e. The molecule has 0 saturated carbocycles. The Labute approximate surface area is 185 Å². The molecule has 0 radical (unpaired) electrons. The van der Waals surface area contributed by atoms with E-state index in [-0.39, 0.29) is 5.91 Å². The zero-order valence-corrected chi connectivity index (χ0v) is 18.1. The molecule has 3 N–H and O–H groups in total. The molecule has 0 aliphatic heterocycles. The van der Waals surface area contributed by atoms with E-state index in [2.05, 4.69) is 20.3 Å². The van der Waals surface area contributed by atoms with Gasteiger partial charge in [0.1, 0.15) is 11.5 Å². The van der Waals surface area contributed by atoms with Gasteiger partial charge in [-0.3, -0.25) is 9.78 Å². The number of nitrogens with one attached hydrogen (secondary N) is 1. The summed E-state index contributed by atoms with van der Waals surface area (Å²) >= 11 is 6.09. The minimum absolute atomic E-state index is 0.235. The Morgan fingerprint density at radius 2 is 1.94 bits per heavy atom. The van der Waals surface area contributed by atoms with Gasteiger partial charge in [-0.05, 0) is 73.0 Å². The van der Waals surface area contributed by atoms with E-state index in [1.54, 1.807) is 12.1 Å². The van der Waals surface area contributed by atoms with Gasteiger partial charge < -0.3 is 11.1 Å². The second-order valence-corrected chi connectivity index (χ2v) is 7.92. The largest absolute Gasteiger partial charge is 0.384 e. The van der Waals surface area contributed by atoms with Crippen LogP contribution >= 0.6 is 11.6 Å². The highest BCUT2D eigenvalue weighted by atomic mass is 35.5. The Kier molecular flexibility index (Phi) is 5.82. The molecule has 31 heavy (non-hydrogen) atoms. The molecule has 0 aliphatic rings. The topological polar surface area (TPSA) is 93.8 Å². The van der Waals surface area contributed by atoms with Crippen LogP contribution in [0, 0.1) is 13.8 Å². The summed E-state index contributed by atoms with van der Waals surface area (Å²) in [5.41, 5.74) is 11.6. The van der Waals surface area contributed by atoms with Crippen LogP contribution in [0.5, 0.6) is 0 Å². The van der Waals surface area contributed by atoms with Crippen molar-refractivity contribution in [1.29, 1.82) is 0 Å². The van der Waals surface area contributed by atoms with E-state index in [0.717, 1.165) is 39.0 Å². The number of rotatable bonds is 5. The van der Waals surface area contributed by atoms with E-state index in [1.807, 2.05) is 56.4 Å². The van der Waals surface area contributed by atoms with Crippen LogP contribution in [0.1, 0.15) is 38.6 Å². The van der Waals surface area contributed by atoms with Crippen LogP contribution < -0.4 is 11.1 Å². The van der Waals surface area contributed by atoms with Gasteiger partial charge in [0.15, 0.2) is 0 Å². The number of nitrogen functional groups attached to an aromatic ring is 1. The maximum atomic E-state index is 12.7. The number of hydrogen-bond donors (Lipinski definition) is 2. The average Bonchev–Trinajstić information content (AvgIpc) is 2.72. The molecule has 0 bridgehead atoms. The molecule has 6 nitrogen and oxygen atoms in total. The molecule has 156 valence electrons. The molecule has 0 spiro atoms. The molecular formula is C24H22ClN5O. The lowest BCUT2D eigenvalue weighted by Gasteiger charge is -2.11. The summed E-state index contributed by atoms with van der Waals surface area (Å²) in [4.78, 5) is 26.0. The Morgan fingerprint density at radius 1 is 1.10 bits per heavy atom. The Hall–Kier alpha value is -3.51. The third-order valence-corrected chi connectivity index (χ3v) is 5.36. The van der Waals surface area contributed by atoms with Crippen molar-refractivity contribution in [2.24, 2.45) is 0 Å². The quantitative estimate of drug-likeness (QED) is 0.488. The summed E-state index contributed by atoms with van der Waals surface area (Å²) in [6.07, 6.45) is 2.39. The molecule has 3 aromatic heterocycles. The maximum Gasteiger partial charge on any atom is 0.270 e. The van der Waals surface area contributed by atoms with Gasteiger partial charge in [0.2, 0.25) is 0 Å². The van der Waals surface area contributed by atoms with E-state index in [0.29, 0.717) is 29.5 Å². The van der Waals surface area contributed by atoms with Crippen LogP contribution in [-0.2, 0) is 13.0 Å². The van der Waals surface area contributed by atoms with Gasteiger partial charge in [0, 0.05) is 41.0 Å². The lowest BCUT2D eigenvalue weighted by Crippen LogP contribution is -2.25. The molecule has 0 atom stereocenters. The fraction of sp³-hybridized carbons (Fsp3) is 0.167. The second kappa shape index (κ2) is 8.70. The third kappa shape index (κ3) is 4.81. The van der Waals surface area contributed by atoms with Gasteiger partial charge in [0.05, 0.1) is 5.52 Å². The molecule has 1 aromatic carbocycles. The van der Waals surface area contributed by atoms with Crippen molar-refractivity contribution in [1.82, 2.24) is 20.3 Å². The first-order chi connectivity index (χ1) is 14.9. The van der Waals surface area contributed by atoms with E-state index < -0.39 is 0 Å². The highest BCUT2D eigenvalue weighted by molar-refractivity contribution is 6.31. The first-order valence-electron chi connectivity index (χ1n) is 9.90. The number of halogens is 1. The van der Waals surface area contributed by atoms with E-state index in [9.17, 15) is 4.79 Å². The first kappa shape index (κ1) is 20.8. The summed E-state index contributed by atoms with van der Waals surface area (Å²) in [7, 11) is 0. The van der Waals surface area contributed by atoms with Crippen LogP contribution in [0.2, 0.25) is 5.02 Å². The second-order valence-electron chi connectivity index (χ2n) is 7.48. The van der Waals surface area contributed by atoms with E-state index in [1.165, 1.54) is 0 Å². The predicted molar refractivity (Wildman–Crippen MR) is 123 cm³/mol. The first-order valence-corrected chi connectivity index (χ1v) is 10.3. The number of anilines is 1. The fourth-order valence-corrected chi connectivity index (χ4v) is 3.75. The minimum atomic E-state index is -0.235. The Balaban J connectivity index is 1.48. The van der Waals surface area contributed by atoms with Gasteiger partial charge in [0.25, 0.3) is 5.91 Å². The van der Waals surface area contributed by atoms with Crippen LogP contribution in [0.15, 0.2) is 54.7 Å². The number of aromatic nitrogens is 3. The summed E-state index contributed by atoms with van der Waals surface area (Å²) in [6.45, 7) is 4.20. The monoisotopic (exact) mass is 431 g/mol. The van der Waals surface area contributed by atoms with Gasteiger partial charge in [-0.2, -0.15) is 0 Å². The number of carbonyl (C=O) groups is 1. The lowest BCUT2D eigenvalue weighted by atomic mass is 10.1. The van der Waals surface area contributed by atoms with Crippen molar-refractivity contribution in [3.63, 3.8) is 0 Å². The van der Waals surface area contributed by atoms with Crippen molar-refractivity contribution < 1.29 is 4.79 Å². The number of benzene rings is 1. The van der Waals surface area contributed by atoms with Crippen LogP contribution in [0.25, 0.3) is 10.9 Å². The number of hydrogen-bond acceptors (Lipinski definition) is 5. The Bertz CT molecular complexity index is 1270. The van der Waals surface area contributed by atoms with Gasteiger partial charge >= 0.3 is 0 Å². The SMILES string of the molecule is Cc1cc(N)nc(C)c1CNC(=O)c1cccc(Cc2cnc3ccc(Cl)cc3c2)n1. The fourth-order valence-electron chi connectivity index (χ4n) is 3.57. The molecule has 1 amide bonds. The Morgan fingerprint density at radius 3 is 2.74 bits per heavy atom. The van der Waals surface area contributed by atoms with E-state index in [4.69, 9.17) is 17.3 Å². The van der Waals surface area contributed by atoms with Crippen molar-refractivity contribution in [3.05, 3.63) is 93.5 Å². The third-order valence-electron chi connectivity index (χ3n) is 5.12. The molecule has 7 heteroatoms. The van der Waals surface area contributed by atoms with Crippen LogP contribution in [0.3, 0.4) is 0 Å². The zero-order chi connectivity index (χ0) is 22.0. The van der Waals surface area contributed by atoms with E-state index >= 15 is 0 Å². The zero-order valence-electron chi connectivity index (χ0n) is 17.3. The summed E-state index contributed by atoms with van der Waals surface area (Å²) in [6, 6.07) is 14.9. The molecule has 0 unspecified atom stereocenters. The maximum absolute atomic E-state index is 12.7. The van der Waals surface area contributed by atoms with Crippen LogP contribution in [-0.4, -0.2) is 20.9 Å². The molecule has 0 aliphatic carbocycles. The highest BCUT2D eigenvalue weighted by Crippen LogP contribution is 2.20. The number of nitrogens with zero attached hydrogens (tertiary/aromatic N) is 3. The van der Waals surface area contributed by atoms with Crippen LogP contribution in [0.4, 0.5) is 5.82 Å². The molecule has 4 aromatic rings. The number of pyridine rings is 3. The number of amides is 1. The number of aryl methyl sites for hydroxylation is 2.